The lowest BCUT2D eigenvalue weighted by atomic mass is 9.75. The molecule has 0 bridgehead atoms. The third-order valence-electron chi connectivity index (χ3n) is 4.96. The summed E-state index contributed by atoms with van der Waals surface area (Å²) in [4.78, 5) is 2.45. The molecule has 1 unspecified atom stereocenters. The van der Waals surface area contributed by atoms with Gasteiger partial charge in [0.05, 0.1) is 7.11 Å². The van der Waals surface area contributed by atoms with Gasteiger partial charge in [-0.05, 0) is 55.8 Å². The summed E-state index contributed by atoms with van der Waals surface area (Å²) >= 11 is 0. The summed E-state index contributed by atoms with van der Waals surface area (Å²) in [6.07, 6.45) is 5.22. The number of likely N-dealkylation sites (N-methyl/N-ethyl adjacent to an activating group) is 1. The summed E-state index contributed by atoms with van der Waals surface area (Å²) < 4.78 is 5.19. The Hall–Kier alpha value is -1.06. The highest BCUT2D eigenvalue weighted by atomic mass is 16.5. The molecule has 2 rings (SSSR count). The molecule has 3 heteroatoms. The van der Waals surface area contributed by atoms with Gasteiger partial charge in [-0.3, -0.25) is 0 Å². The molecule has 1 fully saturated rings. The fraction of sp³-hybridized carbons (Fsp3) is 0.667. The number of nitrogens with two attached hydrogens (primary N) is 1. The first-order chi connectivity index (χ1) is 9.91. The maximum absolute atomic E-state index is 6.36. The van der Waals surface area contributed by atoms with Crippen molar-refractivity contribution in [2.45, 2.75) is 51.6 Å². The number of hydrogen-bond acceptors (Lipinski definition) is 3. The molecule has 1 aromatic rings. The molecule has 0 radical (unpaired) electrons. The zero-order chi connectivity index (χ0) is 15.5. The average molecular weight is 290 g/mol. The lowest BCUT2D eigenvalue weighted by molar-refractivity contribution is 0.123. The van der Waals surface area contributed by atoms with Gasteiger partial charge in [0.25, 0.3) is 0 Å². The van der Waals surface area contributed by atoms with Gasteiger partial charge in [-0.1, -0.05) is 26.0 Å². The number of rotatable bonds is 5. The van der Waals surface area contributed by atoms with Gasteiger partial charge in [0.15, 0.2) is 0 Å². The van der Waals surface area contributed by atoms with Gasteiger partial charge in [0.1, 0.15) is 5.75 Å². The molecule has 0 spiro atoms. The summed E-state index contributed by atoms with van der Waals surface area (Å²) in [5.41, 5.74) is 8.07. The van der Waals surface area contributed by atoms with E-state index in [1.165, 1.54) is 31.2 Å². The number of ether oxygens (including phenoxy) is 1. The molecule has 1 aliphatic carbocycles. The molecule has 0 amide bonds. The molecule has 118 valence electrons. The molecule has 0 heterocycles. The molecule has 1 aliphatic rings. The van der Waals surface area contributed by atoms with Crippen molar-refractivity contribution in [2.24, 2.45) is 11.1 Å². The van der Waals surface area contributed by atoms with Gasteiger partial charge >= 0.3 is 0 Å². The molecular formula is C18H30N2O. The quantitative estimate of drug-likeness (QED) is 0.900. The molecule has 1 aromatic carbocycles. The smallest absolute Gasteiger partial charge is 0.118 e. The highest BCUT2D eigenvalue weighted by Gasteiger charge is 2.29. The molecule has 2 N–H and O–H groups in total. The minimum absolute atomic E-state index is 0.0656. The molecule has 21 heavy (non-hydrogen) atoms. The molecule has 1 saturated carbocycles. The van der Waals surface area contributed by atoms with Crippen LogP contribution in [0.2, 0.25) is 0 Å². The number of nitrogens with zero attached hydrogens (tertiary/aromatic N) is 1. The molecule has 0 saturated heterocycles. The summed E-state index contributed by atoms with van der Waals surface area (Å²) in [5, 5.41) is 0. The lowest BCUT2D eigenvalue weighted by Gasteiger charge is -2.39. The molecule has 1 atom stereocenters. The van der Waals surface area contributed by atoms with E-state index in [1.54, 1.807) is 7.11 Å². The fourth-order valence-electron chi connectivity index (χ4n) is 3.24. The maximum Gasteiger partial charge on any atom is 0.118 e. The van der Waals surface area contributed by atoms with Gasteiger partial charge in [0.2, 0.25) is 0 Å². The average Bonchev–Trinajstić information content (AvgIpc) is 2.47. The van der Waals surface area contributed by atoms with Crippen molar-refractivity contribution in [1.29, 1.82) is 0 Å². The van der Waals surface area contributed by atoms with Crippen molar-refractivity contribution in [3.63, 3.8) is 0 Å². The molecular weight excluding hydrogens is 260 g/mol. The molecule has 0 aromatic heterocycles. The van der Waals surface area contributed by atoms with E-state index in [4.69, 9.17) is 10.5 Å². The second kappa shape index (κ2) is 6.80. The van der Waals surface area contributed by atoms with Crippen LogP contribution in [0.1, 0.15) is 51.1 Å². The van der Waals surface area contributed by atoms with Crippen LogP contribution in [-0.4, -0.2) is 31.6 Å². The van der Waals surface area contributed by atoms with Crippen molar-refractivity contribution in [2.75, 3.05) is 20.7 Å². The predicted octanol–water partition coefficient (Wildman–Crippen LogP) is 3.60. The zero-order valence-electron chi connectivity index (χ0n) is 13.9. The monoisotopic (exact) mass is 290 g/mol. The number of methoxy groups -OCH3 is 1. The highest BCUT2D eigenvalue weighted by molar-refractivity contribution is 5.29. The van der Waals surface area contributed by atoms with Crippen LogP contribution in [0.4, 0.5) is 0 Å². The van der Waals surface area contributed by atoms with Crippen molar-refractivity contribution < 1.29 is 4.74 Å². The lowest BCUT2D eigenvalue weighted by Crippen LogP contribution is -2.40. The summed E-state index contributed by atoms with van der Waals surface area (Å²) in [6, 6.07) is 8.86. The van der Waals surface area contributed by atoms with Crippen molar-refractivity contribution in [1.82, 2.24) is 4.90 Å². The van der Waals surface area contributed by atoms with Crippen LogP contribution in [0.15, 0.2) is 24.3 Å². The van der Waals surface area contributed by atoms with E-state index >= 15 is 0 Å². The highest BCUT2D eigenvalue weighted by Crippen LogP contribution is 2.36. The Kier molecular flexibility index (Phi) is 5.28. The van der Waals surface area contributed by atoms with Crippen molar-refractivity contribution in [3.05, 3.63) is 29.8 Å². The van der Waals surface area contributed by atoms with Crippen LogP contribution in [0, 0.1) is 5.41 Å². The standard InChI is InChI=1S/C18H30N2O/c1-18(2)11-9-15(10-12-18)20(3)13-17(19)14-5-7-16(21-4)8-6-14/h5-8,15,17H,9-13,19H2,1-4H3. The molecule has 3 nitrogen and oxygen atoms in total. The van der Waals surface area contributed by atoms with Crippen LogP contribution in [-0.2, 0) is 0 Å². The first-order valence-electron chi connectivity index (χ1n) is 8.01. The van der Waals surface area contributed by atoms with E-state index in [-0.39, 0.29) is 6.04 Å². The Morgan fingerprint density at radius 1 is 1.24 bits per heavy atom. The maximum atomic E-state index is 6.36. The van der Waals surface area contributed by atoms with E-state index in [2.05, 4.69) is 37.9 Å². The van der Waals surface area contributed by atoms with Crippen LogP contribution in [0.25, 0.3) is 0 Å². The second-order valence-electron chi connectivity index (χ2n) is 7.21. The van der Waals surface area contributed by atoms with Crippen LogP contribution in [0.3, 0.4) is 0 Å². The summed E-state index contributed by atoms with van der Waals surface area (Å²) in [6.45, 7) is 5.68. The summed E-state index contributed by atoms with van der Waals surface area (Å²) in [5.74, 6) is 0.883. The Morgan fingerprint density at radius 3 is 2.33 bits per heavy atom. The minimum Gasteiger partial charge on any atom is -0.497 e. The number of benzene rings is 1. The van der Waals surface area contributed by atoms with Crippen LogP contribution in [0.5, 0.6) is 5.75 Å². The van der Waals surface area contributed by atoms with Gasteiger partial charge in [-0.2, -0.15) is 0 Å². The fourth-order valence-corrected chi connectivity index (χ4v) is 3.24. The van der Waals surface area contributed by atoms with Crippen LogP contribution < -0.4 is 10.5 Å². The topological polar surface area (TPSA) is 38.5 Å². The Labute approximate surface area is 129 Å². The SMILES string of the molecule is COc1ccc(C(N)CN(C)C2CCC(C)(C)CC2)cc1. The van der Waals surface area contributed by atoms with Crippen molar-refractivity contribution in [3.8, 4) is 5.75 Å². The molecule has 0 aliphatic heterocycles. The van der Waals surface area contributed by atoms with Crippen molar-refractivity contribution >= 4 is 0 Å². The largest absolute Gasteiger partial charge is 0.497 e. The number of hydrogen-bond donors (Lipinski definition) is 1. The van der Waals surface area contributed by atoms with E-state index in [9.17, 15) is 0 Å². The first kappa shape index (κ1) is 16.3. The van der Waals surface area contributed by atoms with E-state index in [0.717, 1.165) is 12.3 Å². The van der Waals surface area contributed by atoms with Gasteiger partial charge in [-0.15, -0.1) is 0 Å². The third-order valence-corrected chi connectivity index (χ3v) is 4.96. The Bertz CT molecular complexity index is 431. The zero-order valence-corrected chi connectivity index (χ0v) is 13.9. The van der Waals surface area contributed by atoms with Gasteiger partial charge < -0.3 is 15.4 Å². The van der Waals surface area contributed by atoms with Gasteiger partial charge in [-0.25, -0.2) is 0 Å². The Balaban J connectivity index is 1.88. The third kappa shape index (κ3) is 4.45. The Morgan fingerprint density at radius 2 is 1.81 bits per heavy atom. The van der Waals surface area contributed by atoms with Crippen LogP contribution >= 0.6 is 0 Å². The normalized spacial score (nSPS) is 20.5. The first-order valence-corrected chi connectivity index (χ1v) is 8.01. The predicted molar refractivity (Wildman–Crippen MR) is 88.6 cm³/mol. The second-order valence-corrected chi connectivity index (χ2v) is 7.21. The minimum atomic E-state index is 0.0656. The summed E-state index contributed by atoms with van der Waals surface area (Å²) in [7, 11) is 3.90. The van der Waals surface area contributed by atoms with E-state index < -0.39 is 0 Å². The van der Waals surface area contributed by atoms with Gasteiger partial charge in [0, 0.05) is 18.6 Å². The van der Waals surface area contributed by atoms with E-state index in [1.807, 2.05) is 12.1 Å². The van der Waals surface area contributed by atoms with E-state index in [0.29, 0.717) is 11.5 Å².